The summed E-state index contributed by atoms with van der Waals surface area (Å²) in [6, 6.07) is 12.0. The number of nitrogens with zero attached hydrogens (tertiary/aromatic N) is 5. The Bertz CT molecular complexity index is 1790. The average molecular weight is 507 g/mol. The van der Waals surface area contributed by atoms with E-state index in [1.54, 1.807) is 29.9 Å². The van der Waals surface area contributed by atoms with Gasteiger partial charge in [0.15, 0.2) is 17.2 Å². The summed E-state index contributed by atoms with van der Waals surface area (Å²) in [4.78, 5) is 36.7. The van der Waals surface area contributed by atoms with Crippen LogP contribution in [0.5, 0.6) is 0 Å². The van der Waals surface area contributed by atoms with Crippen LogP contribution in [0.3, 0.4) is 0 Å². The largest absolute Gasteiger partial charge is 0.324 e. The van der Waals surface area contributed by atoms with E-state index in [0.29, 0.717) is 28.4 Å². The van der Waals surface area contributed by atoms with Crippen molar-refractivity contribution in [2.75, 3.05) is 5.32 Å². The fourth-order valence-electron chi connectivity index (χ4n) is 4.59. The molecule has 0 bridgehead atoms. The first-order chi connectivity index (χ1) is 18.1. The van der Waals surface area contributed by atoms with Crippen LogP contribution in [0.1, 0.15) is 24.1 Å². The number of hydrogen-bond acceptors (Lipinski definition) is 7. The quantitative estimate of drug-likeness (QED) is 0.274. The predicted molar refractivity (Wildman–Crippen MR) is 144 cm³/mol. The van der Waals surface area contributed by atoms with Crippen LogP contribution >= 0.6 is 11.3 Å². The monoisotopic (exact) mass is 506 g/mol. The first-order valence-electron chi connectivity index (χ1n) is 12.2. The van der Waals surface area contributed by atoms with E-state index >= 15 is 0 Å². The highest BCUT2D eigenvalue weighted by atomic mass is 32.1. The molecule has 182 valence electrons. The van der Waals surface area contributed by atoms with Crippen molar-refractivity contribution in [3.05, 3.63) is 59.9 Å². The van der Waals surface area contributed by atoms with Gasteiger partial charge in [-0.05, 0) is 56.2 Å². The van der Waals surface area contributed by atoms with Crippen LogP contribution in [-0.4, -0.2) is 41.0 Å². The molecule has 0 radical (unpaired) electrons. The molecule has 10 heteroatoms. The van der Waals surface area contributed by atoms with Gasteiger partial charge in [-0.1, -0.05) is 6.42 Å². The normalized spacial score (nSPS) is 13.8. The number of carbonyl (C=O) groups excluding carboxylic acids is 1. The molecule has 1 saturated carbocycles. The third kappa shape index (κ3) is 3.86. The summed E-state index contributed by atoms with van der Waals surface area (Å²) in [6.45, 7) is 2.09. The first-order valence-corrected chi connectivity index (χ1v) is 13.0. The Balaban J connectivity index is 1.26. The fourth-order valence-corrected chi connectivity index (χ4v) is 5.48. The van der Waals surface area contributed by atoms with Crippen LogP contribution in [-0.2, 0) is 4.79 Å². The molecule has 6 aromatic heterocycles. The van der Waals surface area contributed by atoms with Crippen molar-refractivity contribution < 1.29 is 4.79 Å². The summed E-state index contributed by atoms with van der Waals surface area (Å²) < 4.78 is 0. The van der Waals surface area contributed by atoms with Crippen LogP contribution in [0, 0.1) is 12.8 Å². The van der Waals surface area contributed by atoms with Crippen molar-refractivity contribution in [2.24, 2.45) is 5.92 Å². The Morgan fingerprint density at radius 3 is 2.81 bits per heavy atom. The number of fused-ring (bicyclic) bond motifs is 2. The summed E-state index contributed by atoms with van der Waals surface area (Å²) >= 11 is 1.73. The zero-order valence-electron chi connectivity index (χ0n) is 19.9. The van der Waals surface area contributed by atoms with Crippen LogP contribution in [0.25, 0.3) is 55.4 Å². The molecule has 6 aromatic rings. The molecule has 0 aliphatic heterocycles. The Morgan fingerprint density at radius 2 is 2.00 bits per heavy atom. The topological polar surface area (TPSA) is 125 Å². The van der Waals surface area contributed by atoms with Crippen molar-refractivity contribution in [3.8, 4) is 33.2 Å². The van der Waals surface area contributed by atoms with E-state index in [1.165, 1.54) is 4.88 Å². The number of imidazole rings is 1. The maximum absolute atomic E-state index is 12.4. The molecule has 1 aliphatic rings. The lowest BCUT2D eigenvalue weighted by Gasteiger charge is -2.24. The van der Waals surface area contributed by atoms with Gasteiger partial charge in [0.05, 0.1) is 23.1 Å². The Kier molecular flexibility index (Phi) is 5.07. The summed E-state index contributed by atoms with van der Waals surface area (Å²) in [5.74, 6) is 0.759. The highest BCUT2D eigenvalue weighted by Gasteiger charge is 2.25. The van der Waals surface area contributed by atoms with Gasteiger partial charge in [-0.2, -0.15) is 5.10 Å². The van der Waals surface area contributed by atoms with Crippen molar-refractivity contribution in [1.82, 2.24) is 35.1 Å². The maximum Gasteiger partial charge on any atom is 0.227 e. The lowest BCUT2D eigenvalue weighted by Crippen LogP contribution is -2.28. The number of carbonyl (C=O) groups is 1. The van der Waals surface area contributed by atoms with E-state index in [2.05, 4.69) is 49.5 Å². The molecule has 37 heavy (non-hydrogen) atoms. The molecule has 1 fully saturated rings. The minimum Gasteiger partial charge on any atom is -0.324 e. The number of aromatic nitrogens is 7. The van der Waals surface area contributed by atoms with E-state index in [-0.39, 0.29) is 11.8 Å². The van der Waals surface area contributed by atoms with Crippen molar-refractivity contribution >= 4 is 45.1 Å². The first kappa shape index (κ1) is 21.8. The van der Waals surface area contributed by atoms with Gasteiger partial charge in [-0.25, -0.2) is 15.0 Å². The number of amides is 1. The maximum atomic E-state index is 12.4. The number of thiophene rings is 1. The van der Waals surface area contributed by atoms with Crippen molar-refractivity contribution in [2.45, 2.75) is 26.2 Å². The van der Waals surface area contributed by atoms with Gasteiger partial charge in [0.1, 0.15) is 11.0 Å². The summed E-state index contributed by atoms with van der Waals surface area (Å²) in [5, 5.41) is 10.6. The predicted octanol–water partition coefficient (Wildman–Crippen LogP) is 5.73. The van der Waals surface area contributed by atoms with Crippen molar-refractivity contribution in [3.63, 3.8) is 0 Å². The SMILES string of the molecule is Cc1ccc(-c2ccnc3[nH]c(-c4n[nH]c5ccc(-c6cncc(NC(=O)C7CCC7)c6)nc45)nc23)s1. The zero-order valence-corrected chi connectivity index (χ0v) is 20.8. The summed E-state index contributed by atoms with van der Waals surface area (Å²) in [6.07, 6.45) is 8.21. The second-order valence-corrected chi connectivity index (χ2v) is 10.6. The van der Waals surface area contributed by atoms with Crippen LogP contribution in [0.2, 0.25) is 0 Å². The van der Waals surface area contributed by atoms with Gasteiger partial charge in [-0.15, -0.1) is 11.3 Å². The van der Waals surface area contributed by atoms with E-state index in [4.69, 9.17) is 9.97 Å². The van der Waals surface area contributed by atoms with Gasteiger partial charge in [0.2, 0.25) is 5.91 Å². The van der Waals surface area contributed by atoms with E-state index < -0.39 is 0 Å². The molecule has 0 unspecified atom stereocenters. The Morgan fingerprint density at radius 1 is 1.08 bits per heavy atom. The average Bonchev–Trinajstić information content (AvgIpc) is 3.60. The number of hydrogen-bond donors (Lipinski definition) is 3. The second kappa shape index (κ2) is 8.59. The van der Waals surface area contributed by atoms with E-state index in [1.807, 2.05) is 24.3 Å². The Labute approximate surface area is 215 Å². The molecule has 6 heterocycles. The number of pyridine rings is 3. The molecule has 0 saturated heterocycles. The van der Waals surface area contributed by atoms with Gasteiger partial charge in [0.25, 0.3) is 0 Å². The van der Waals surface area contributed by atoms with E-state index in [9.17, 15) is 4.79 Å². The minimum absolute atomic E-state index is 0.0568. The molecule has 0 atom stereocenters. The smallest absolute Gasteiger partial charge is 0.227 e. The number of rotatable bonds is 5. The molecule has 0 aromatic carbocycles. The molecule has 1 amide bonds. The standard InChI is InChI=1S/C27H22N8OS/c1-14-5-8-21(37-14)18-9-10-29-25-22(18)32-26(33-25)24-23-20(34-35-24)7-6-19(31-23)16-11-17(13-28-12-16)30-27(36)15-3-2-4-15/h5-13,15H,2-4H2,1H3,(H,30,36)(H,34,35)(H,29,32,33). The van der Waals surface area contributed by atoms with Gasteiger partial charge in [0, 0.05) is 39.2 Å². The number of aryl methyl sites for hydroxylation is 1. The highest BCUT2D eigenvalue weighted by Crippen LogP contribution is 2.34. The zero-order chi connectivity index (χ0) is 24.9. The fraction of sp³-hybridized carbons (Fsp3) is 0.185. The summed E-state index contributed by atoms with van der Waals surface area (Å²) in [7, 11) is 0. The number of anilines is 1. The molecule has 1 aliphatic carbocycles. The highest BCUT2D eigenvalue weighted by molar-refractivity contribution is 7.15. The second-order valence-electron chi connectivity index (χ2n) is 9.30. The lowest BCUT2D eigenvalue weighted by molar-refractivity contribution is -0.122. The molecular formula is C27H22N8OS. The number of H-pyrrole nitrogens is 2. The summed E-state index contributed by atoms with van der Waals surface area (Å²) in [5.41, 5.74) is 6.83. The number of nitrogens with one attached hydrogen (secondary N) is 3. The minimum atomic E-state index is 0.0568. The Hall–Kier alpha value is -4.44. The third-order valence-electron chi connectivity index (χ3n) is 6.80. The van der Waals surface area contributed by atoms with Crippen LogP contribution in [0.15, 0.2) is 55.0 Å². The lowest BCUT2D eigenvalue weighted by atomic mass is 9.85. The van der Waals surface area contributed by atoms with Gasteiger partial charge in [-0.3, -0.25) is 14.9 Å². The van der Waals surface area contributed by atoms with E-state index in [0.717, 1.165) is 52.0 Å². The molecule has 0 spiro atoms. The molecule has 9 nitrogen and oxygen atoms in total. The molecule has 7 rings (SSSR count). The molecule has 3 N–H and O–H groups in total. The van der Waals surface area contributed by atoms with Gasteiger partial charge >= 0.3 is 0 Å². The molecular weight excluding hydrogens is 484 g/mol. The number of aromatic amines is 2. The van der Waals surface area contributed by atoms with Crippen molar-refractivity contribution in [1.29, 1.82) is 0 Å². The van der Waals surface area contributed by atoms with Gasteiger partial charge < -0.3 is 10.3 Å². The van der Waals surface area contributed by atoms with Crippen LogP contribution < -0.4 is 5.32 Å². The van der Waals surface area contributed by atoms with Crippen LogP contribution in [0.4, 0.5) is 5.69 Å². The third-order valence-corrected chi connectivity index (χ3v) is 7.83.